The van der Waals surface area contributed by atoms with Gasteiger partial charge in [-0.2, -0.15) is 0 Å². The molecule has 0 amide bonds. The lowest BCUT2D eigenvalue weighted by Gasteiger charge is -2.42. The Morgan fingerprint density at radius 3 is 2.41 bits per heavy atom. The van der Waals surface area contributed by atoms with E-state index in [1.165, 1.54) is 64.0 Å². The highest BCUT2D eigenvalue weighted by Crippen LogP contribution is 2.48. The molecule has 2 fully saturated rings. The van der Waals surface area contributed by atoms with Crippen LogP contribution < -0.4 is 4.74 Å². The third-order valence-corrected chi connectivity index (χ3v) is 7.37. The highest BCUT2D eigenvalue weighted by atomic mass is 19.1. The second-order valence-corrected chi connectivity index (χ2v) is 9.05. The number of halogens is 1. The molecule has 2 aromatic rings. The van der Waals surface area contributed by atoms with Gasteiger partial charge in [0.2, 0.25) is 0 Å². The molecular weight excluding hydrogens is 359 g/mol. The SMILES string of the molecule is C=CCCC1CCC2CC(c3ccc(-c4ccc(OC)c(F)c4)cc3)CCC2C1. The van der Waals surface area contributed by atoms with Crippen LogP contribution in [0.1, 0.15) is 62.8 Å². The Bertz CT molecular complexity index is 825. The molecule has 0 heterocycles. The van der Waals surface area contributed by atoms with Crippen molar-refractivity contribution in [2.45, 2.75) is 57.3 Å². The highest BCUT2D eigenvalue weighted by molar-refractivity contribution is 5.64. The molecule has 4 rings (SSSR count). The van der Waals surface area contributed by atoms with E-state index in [-0.39, 0.29) is 5.82 Å². The van der Waals surface area contributed by atoms with Crippen LogP contribution in [0.15, 0.2) is 55.1 Å². The molecule has 1 nitrogen and oxygen atoms in total. The quantitative estimate of drug-likeness (QED) is 0.456. The van der Waals surface area contributed by atoms with Crippen molar-refractivity contribution in [1.29, 1.82) is 0 Å². The van der Waals surface area contributed by atoms with E-state index in [2.05, 4.69) is 36.9 Å². The molecule has 0 aliphatic heterocycles. The van der Waals surface area contributed by atoms with Crippen LogP contribution in [0, 0.1) is 23.6 Å². The molecule has 2 aromatic carbocycles. The van der Waals surface area contributed by atoms with Gasteiger partial charge in [-0.3, -0.25) is 0 Å². The van der Waals surface area contributed by atoms with Gasteiger partial charge < -0.3 is 4.74 Å². The third kappa shape index (κ3) is 4.57. The molecule has 0 N–H and O–H groups in total. The van der Waals surface area contributed by atoms with Crippen LogP contribution in [0.2, 0.25) is 0 Å². The van der Waals surface area contributed by atoms with Gasteiger partial charge in [-0.05, 0) is 97.4 Å². The lowest BCUT2D eigenvalue weighted by Crippen LogP contribution is -2.30. The van der Waals surface area contributed by atoms with Gasteiger partial charge in [0.25, 0.3) is 0 Å². The van der Waals surface area contributed by atoms with E-state index in [4.69, 9.17) is 4.74 Å². The van der Waals surface area contributed by atoms with Crippen molar-refractivity contribution >= 4 is 0 Å². The van der Waals surface area contributed by atoms with Crippen LogP contribution in [0.25, 0.3) is 11.1 Å². The first kappa shape index (κ1) is 20.2. The van der Waals surface area contributed by atoms with Crippen LogP contribution in [0.4, 0.5) is 4.39 Å². The van der Waals surface area contributed by atoms with Crippen LogP contribution in [0.3, 0.4) is 0 Å². The zero-order chi connectivity index (χ0) is 20.2. The van der Waals surface area contributed by atoms with E-state index in [9.17, 15) is 4.39 Å². The smallest absolute Gasteiger partial charge is 0.165 e. The molecule has 2 aliphatic carbocycles. The molecule has 0 radical (unpaired) electrons. The van der Waals surface area contributed by atoms with Gasteiger partial charge in [0.15, 0.2) is 11.6 Å². The Hall–Kier alpha value is -2.09. The Balaban J connectivity index is 1.39. The molecule has 0 spiro atoms. The minimum absolute atomic E-state index is 0.293. The Morgan fingerprint density at radius 2 is 1.69 bits per heavy atom. The molecule has 154 valence electrons. The lowest BCUT2D eigenvalue weighted by atomic mass is 9.63. The zero-order valence-corrected chi connectivity index (χ0v) is 17.6. The fourth-order valence-corrected chi connectivity index (χ4v) is 5.70. The highest BCUT2D eigenvalue weighted by Gasteiger charge is 2.35. The monoisotopic (exact) mass is 392 g/mol. The van der Waals surface area contributed by atoms with Crippen molar-refractivity contribution in [3.05, 3.63) is 66.5 Å². The fourth-order valence-electron chi connectivity index (χ4n) is 5.70. The topological polar surface area (TPSA) is 9.23 Å². The van der Waals surface area contributed by atoms with Crippen molar-refractivity contribution < 1.29 is 9.13 Å². The summed E-state index contributed by atoms with van der Waals surface area (Å²) >= 11 is 0. The zero-order valence-electron chi connectivity index (χ0n) is 17.6. The number of ether oxygens (including phenoxy) is 1. The number of hydrogen-bond acceptors (Lipinski definition) is 1. The third-order valence-electron chi connectivity index (χ3n) is 7.37. The molecule has 0 aromatic heterocycles. The molecule has 0 bridgehead atoms. The first-order valence-corrected chi connectivity index (χ1v) is 11.2. The van der Waals surface area contributed by atoms with Crippen LogP contribution >= 0.6 is 0 Å². The minimum atomic E-state index is -0.309. The van der Waals surface area contributed by atoms with Gasteiger partial charge in [-0.15, -0.1) is 6.58 Å². The van der Waals surface area contributed by atoms with Crippen molar-refractivity contribution in [2.24, 2.45) is 17.8 Å². The average Bonchev–Trinajstić information content (AvgIpc) is 2.77. The first-order valence-electron chi connectivity index (χ1n) is 11.2. The maximum absolute atomic E-state index is 14.0. The number of allylic oxidation sites excluding steroid dienone is 1. The Kier molecular flexibility index (Phi) is 6.37. The largest absolute Gasteiger partial charge is 0.494 e. The normalized spacial score (nSPS) is 26.6. The van der Waals surface area contributed by atoms with E-state index in [1.807, 2.05) is 6.07 Å². The molecule has 29 heavy (non-hydrogen) atoms. The summed E-state index contributed by atoms with van der Waals surface area (Å²) in [4.78, 5) is 0. The summed E-state index contributed by atoms with van der Waals surface area (Å²) in [6.07, 6.45) is 12.9. The second-order valence-electron chi connectivity index (χ2n) is 9.05. The Morgan fingerprint density at radius 1 is 0.966 bits per heavy atom. The van der Waals surface area contributed by atoms with Crippen molar-refractivity contribution in [3.63, 3.8) is 0 Å². The summed E-state index contributed by atoms with van der Waals surface area (Å²) in [6.45, 7) is 3.88. The van der Waals surface area contributed by atoms with Crippen molar-refractivity contribution in [1.82, 2.24) is 0 Å². The number of benzene rings is 2. The summed E-state index contributed by atoms with van der Waals surface area (Å²) in [7, 11) is 1.50. The fraction of sp³-hybridized carbons (Fsp3) is 0.481. The van der Waals surface area contributed by atoms with Gasteiger partial charge in [0.1, 0.15) is 0 Å². The lowest BCUT2D eigenvalue weighted by molar-refractivity contribution is 0.115. The summed E-state index contributed by atoms with van der Waals surface area (Å²) in [5.74, 6) is 3.44. The van der Waals surface area contributed by atoms with Crippen LogP contribution in [0.5, 0.6) is 5.75 Å². The number of rotatable bonds is 6. The molecule has 2 aliphatic rings. The number of fused-ring (bicyclic) bond motifs is 1. The van der Waals surface area contributed by atoms with E-state index in [0.29, 0.717) is 11.7 Å². The van der Waals surface area contributed by atoms with Gasteiger partial charge in [0, 0.05) is 0 Å². The van der Waals surface area contributed by atoms with Crippen molar-refractivity contribution in [3.8, 4) is 16.9 Å². The maximum Gasteiger partial charge on any atom is 0.165 e. The molecular formula is C27H33FO. The van der Waals surface area contributed by atoms with Crippen LogP contribution in [-0.2, 0) is 0 Å². The average molecular weight is 393 g/mol. The first-order chi connectivity index (χ1) is 14.2. The number of methoxy groups -OCH3 is 1. The van der Waals surface area contributed by atoms with E-state index in [0.717, 1.165) is 28.9 Å². The van der Waals surface area contributed by atoms with Gasteiger partial charge in [-0.1, -0.05) is 42.8 Å². The molecule has 0 saturated heterocycles. The summed E-state index contributed by atoms with van der Waals surface area (Å²) < 4.78 is 19.1. The maximum atomic E-state index is 14.0. The van der Waals surface area contributed by atoms with Gasteiger partial charge in [-0.25, -0.2) is 4.39 Å². The standard InChI is InChI=1S/C27H33FO/c1-3-4-5-19-6-7-24-17-23(13-12-22(24)16-19)20-8-10-21(11-9-20)25-14-15-27(29-2)26(28)18-25/h3,8-11,14-15,18-19,22-24H,1,4-7,12-13,16-17H2,2H3. The number of hydrogen-bond donors (Lipinski definition) is 0. The van der Waals surface area contributed by atoms with Gasteiger partial charge >= 0.3 is 0 Å². The second kappa shape index (κ2) is 9.15. The molecule has 2 heteroatoms. The summed E-state index contributed by atoms with van der Waals surface area (Å²) in [6, 6.07) is 14.0. The van der Waals surface area contributed by atoms with Gasteiger partial charge in [0.05, 0.1) is 7.11 Å². The summed E-state index contributed by atoms with van der Waals surface area (Å²) in [5.41, 5.74) is 3.41. The molecule has 4 unspecified atom stereocenters. The van der Waals surface area contributed by atoms with Crippen molar-refractivity contribution in [2.75, 3.05) is 7.11 Å². The van der Waals surface area contributed by atoms with Crippen LogP contribution in [-0.4, -0.2) is 7.11 Å². The van der Waals surface area contributed by atoms with E-state index < -0.39 is 0 Å². The minimum Gasteiger partial charge on any atom is -0.494 e. The Labute approximate surface area is 175 Å². The predicted molar refractivity (Wildman–Crippen MR) is 119 cm³/mol. The van der Waals surface area contributed by atoms with E-state index in [1.54, 1.807) is 12.1 Å². The van der Waals surface area contributed by atoms with E-state index >= 15 is 0 Å². The molecule has 4 atom stereocenters. The molecule has 2 saturated carbocycles. The summed E-state index contributed by atoms with van der Waals surface area (Å²) in [5, 5.41) is 0. The predicted octanol–water partition coefficient (Wildman–Crippen LogP) is 7.77.